The summed E-state index contributed by atoms with van der Waals surface area (Å²) in [5.41, 5.74) is 6.83. The number of phenols is 1. The van der Waals surface area contributed by atoms with E-state index >= 15 is 0 Å². The average molecular weight is 244 g/mol. The SMILES string of the molecule is NCC(COc1ccccc1O)c1ccncc1. The van der Waals surface area contributed by atoms with Crippen LogP contribution in [0.4, 0.5) is 0 Å². The first-order chi connectivity index (χ1) is 8.81. The lowest BCUT2D eigenvalue weighted by molar-refractivity contribution is 0.276. The van der Waals surface area contributed by atoms with E-state index in [0.29, 0.717) is 18.9 Å². The molecule has 0 amide bonds. The van der Waals surface area contributed by atoms with Crippen LogP contribution >= 0.6 is 0 Å². The number of benzene rings is 1. The third kappa shape index (κ3) is 2.99. The normalized spacial score (nSPS) is 12.1. The highest BCUT2D eigenvalue weighted by Gasteiger charge is 2.11. The van der Waals surface area contributed by atoms with Gasteiger partial charge in [-0.3, -0.25) is 4.98 Å². The summed E-state index contributed by atoms with van der Waals surface area (Å²) in [6.45, 7) is 0.912. The van der Waals surface area contributed by atoms with Gasteiger partial charge in [0.15, 0.2) is 11.5 Å². The number of phenolic OH excluding ortho intramolecular Hbond substituents is 1. The molecule has 0 fully saturated rings. The van der Waals surface area contributed by atoms with E-state index in [1.165, 1.54) is 0 Å². The molecule has 3 N–H and O–H groups in total. The van der Waals surface area contributed by atoms with Crippen molar-refractivity contribution in [3.05, 3.63) is 54.4 Å². The first-order valence-electron chi connectivity index (χ1n) is 5.82. The molecule has 4 heteroatoms. The smallest absolute Gasteiger partial charge is 0.160 e. The Kier molecular flexibility index (Phi) is 4.15. The standard InChI is InChI=1S/C14H16N2O2/c15-9-12(11-5-7-16-8-6-11)10-18-14-4-2-1-3-13(14)17/h1-8,12,17H,9-10,15H2. The van der Waals surface area contributed by atoms with Crippen LogP contribution in [0.2, 0.25) is 0 Å². The third-order valence-corrected chi connectivity index (χ3v) is 2.77. The number of aromatic nitrogens is 1. The van der Waals surface area contributed by atoms with Gasteiger partial charge >= 0.3 is 0 Å². The fourth-order valence-corrected chi connectivity index (χ4v) is 1.71. The van der Waals surface area contributed by atoms with E-state index in [9.17, 15) is 5.11 Å². The molecule has 1 unspecified atom stereocenters. The van der Waals surface area contributed by atoms with Gasteiger partial charge in [-0.25, -0.2) is 0 Å². The van der Waals surface area contributed by atoms with Crippen molar-refractivity contribution in [1.29, 1.82) is 0 Å². The van der Waals surface area contributed by atoms with Gasteiger partial charge in [0, 0.05) is 24.9 Å². The molecular weight excluding hydrogens is 228 g/mol. The van der Waals surface area contributed by atoms with Gasteiger partial charge in [0.05, 0.1) is 6.61 Å². The zero-order chi connectivity index (χ0) is 12.8. The molecule has 1 aromatic heterocycles. The minimum Gasteiger partial charge on any atom is -0.504 e. The summed E-state index contributed by atoms with van der Waals surface area (Å²) >= 11 is 0. The minimum absolute atomic E-state index is 0.0904. The maximum atomic E-state index is 9.60. The van der Waals surface area contributed by atoms with E-state index in [0.717, 1.165) is 5.56 Å². The van der Waals surface area contributed by atoms with Crippen LogP contribution in [0, 0.1) is 0 Å². The van der Waals surface area contributed by atoms with Crippen molar-refractivity contribution in [2.45, 2.75) is 5.92 Å². The quantitative estimate of drug-likeness (QED) is 0.843. The number of para-hydroxylation sites is 2. The second-order valence-electron chi connectivity index (χ2n) is 3.99. The molecule has 1 atom stereocenters. The molecule has 0 aliphatic carbocycles. The Labute approximate surface area is 106 Å². The molecule has 1 heterocycles. The Morgan fingerprint density at radius 2 is 1.89 bits per heavy atom. The molecule has 0 saturated heterocycles. The van der Waals surface area contributed by atoms with Crippen LogP contribution in [0.3, 0.4) is 0 Å². The number of nitrogens with two attached hydrogens (primary N) is 1. The van der Waals surface area contributed by atoms with Crippen molar-refractivity contribution < 1.29 is 9.84 Å². The number of hydrogen-bond donors (Lipinski definition) is 2. The van der Waals surface area contributed by atoms with E-state index in [4.69, 9.17) is 10.5 Å². The Balaban J connectivity index is 2.02. The predicted molar refractivity (Wildman–Crippen MR) is 69.6 cm³/mol. The highest BCUT2D eigenvalue weighted by Crippen LogP contribution is 2.26. The second-order valence-corrected chi connectivity index (χ2v) is 3.99. The van der Waals surface area contributed by atoms with Crippen LogP contribution in [0.5, 0.6) is 11.5 Å². The molecule has 94 valence electrons. The summed E-state index contributed by atoms with van der Waals surface area (Å²) in [4.78, 5) is 3.97. The van der Waals surface area contributed by atoms with Crippen molar-refractivity contribution >= 4 is 0 Å². The molecule has 0 aliphatic heterocycles. The Hall–Kier alpha value is -2.07. The van der Waals surface area contributed by atoms with Gasteiger partial charge in [-0.15, -0.1) is 0 Å². The third-order valence-electron chi connectivity index (χ3n) is 2.77. The topological polar surface area (TPSA) is 68.4 Å². The van der Waals surface area contributed by atoms with Gasteiger partial charge in [0.2, 0.25) is 0 Å². The molecule has 4 nitrogen and oxygen atoms in total. The highest BCUT2D eigenvalue weighted by atomic mass is 16.5. The molecule has 0 spiro atoms. The molecule has 0 saturated carbocycles. The first kappa shape index (κ1) is 12.4. The largest absolute Gasteiger partial charge is 0.504 e. The minimum atomic E-state index is 0.0904. The molecule has 1 aromatic carbocycles. The van der Waals surface area contributed by atoms with Gasteiger partial charge < -0.3 is 15.6 Å². The maximum absolute atomic E-state index is 9.60. The van der Waals surface area contributed by atoms with Crippen molar-refractivity contribution in [3.8, 4) is 11.5 Å². The summed E-state index contributed by atoms with van der Waals surface area (Å²) in [5.74, 6) is 0.709. The molecule has 18 heavy (non-hydrogen) atoms. The van der Waals surface area contributed by atoms with Crippen molar-refractivity contribution in [2.24, 2.45) is 5.73 Å². The maximum Gasteiger partial charge on any atom is 0.160 e. The Morgan fingerprint density at radius 1 is 1.17 bits per heavy atom. The monoisotopic (exact) mass is 244 g/mol. The van der Waals surface area contributed by atoms with Gasteiger partial charge in [-0.1, -0.05) is 12.1 Å². The summed E-state index contributed by atoms with van der Waals surface area (Å²) < 4.78 is 5.59. The van der Waals surface area contributed by atoms with E-state index in [2.05, 4.69) is 4.98 Å². The second kappa shape index (κ2) is 6.02. The molecule has 2 aromatic rings. The highest BCUT2D eigenvalue weighted by molar-refractivity contribution is 5.38. The number of pyridine rings is 1. The fourth-order valence-electron chi connectivity index (χ4n) is 1.71. The van der Waals surface area contributed by atoms with Crippen molar-refractivity contribution in [3.63, 3.8) is 0 Å². The van der Waals surface area contributed by atoms with Gasteiger partial charge in [0.1, 0.15) is 0 Å². The van der Waals surface area contributed by atoms with Crippen LogP contribution in [0.15, 0.2) is 48.8 Å². The molecular formula is C14H16N2O2. The van der Waals surface area contributed by atoms with E-state index in [1.807, 2.05) is 18.2 Å². The first-order valence-corrected chi connectivity index (χ1v) is 5.82. The summed E-state index contributed by atoms with van der Waals surface area (Å²) in [6.07, 6.45) is 3.47. The average Bonchev–Trinajstić information content (AvgIpc) is 2.42. The van der Waals surface area contributed by atoms with Gasteiger partial charge in [0.25, 0.3) is 0 Å². The molecule has 0 radical (unpaired) electrons. The van der Waals surface area contributed by atoms with Crippen LogP contribution in [0.1, 0.15) is 11.5 Å². The lowest BCUT2D eigenvalue weighted by Crippen LogP contribution is -2.19. The zero-order valence-corrected chi connectivity index (χ0v) is 9.99. The number of rotatable bonds is 5. The van der Waals surface area contributed by atoms with Gasteiger partial charge in [-0.2, -0.15) is 0 Å². The van der Waals surface area contributed by atoms with Crippen LogP contribution < -0.4 is 10.5 Å². The number of nitrogens with zero attached hydrogens (tertiary/aromatic N) is 1. The van der Waals surface area contributed by atoms with Crippen molar-refractivity contribution in [1.82, 2.24) is 4.98 Å². The van der Waals surface area contributed by atoms with E-state index < -0.39 is 0 Å². The number of aromatic hydroxyl groups is 1. The number of ether oxygens (including phenoxy) is 1. The van der Waals surface area contributed by atoms with Crippen LogP contribution in [-0.2, 0) is 0 Å². The summed E-state index contributed by atoms with van der Waals surface area (Å²) in [5, 5.41) is 9.60. The lowest BCUT2D eigenvalue weighted by Gasteiger charge is -2.16. The number of hydrogen-bond acceptors (Lipinski definition) is 4. The lowest BCUT2D eigenvalue weighted by atomic mass is 10.0. The summed E-state index contributed by atoms with van der Waals surface area (Å²) in [7, 11) is 0. The van der Waals surface area contributed by atoms with Crippen molar-refractivity contribution in [2.75, 3.05) is 13.2 Å². The molecule has 2 rings (SSSR count). The fraction of sp³-hybridized carbons (Fsp3) is 0.214. The van der Waals surface area contributed by atoms with Crippen LogP contribution in [0.25, 0.3) is 0 Å². The summed E-state index contributed by atoms with van der Waals surface area (Å²) in [6, 6.07) is 10.7. The van der Waals surface area contributed by atoms with E-state index in [1.54, 1.807) is 30.6 Å². The predicted octanol–water partition coefficient (Wildman–Crippen LogP) is 1.91. The van der Waals surface area contributed by atoms with E-state index in [-0.39, 0.29) is 11.7 Å². The zero-order valence-electron chi connectivity index (χ0n) is 9.99. The molecule has 0 aliphatic rings. The van der Waals surface area contributed by atoms with Crippen LogP contribution in [-0.4, -0.2) is 23.2 Å². The van der Waals surface area contributed by atoms with Gasteiger partial charge in [-0.05, 0) is 29.8 Å². The Bertz CT molecular complexity index is 488. The Morgan fingerprint density at radius 3 is 2.56 bits per heavy atom. The molecule has 0 bridgehead atoms.